The molecule has 4 nitrogen and oxygen atoms in total. The minimum Gasteiger partial charge on any atom is -0.490 e. The number of rotatable bonds is 5. The fourth-order valence-electron chi connectivity index (χ4n) is 1.86. The van der Waals surface area contributed by atoms with Crippen molar-refractivity contribution >= 4 is 21.9 Å². The molecule has 110 valence electrons. The summed E-state index contributed by atoms with van der Waals surface area (Å²) >= 11 is 3.17. The molecule has 0 bridgehead atoms. The van der Waals surface area contributed by atoms with Crippen molar-refractivity contribution in [1.82, 2.24) is 0 Å². The van der Waals surface area contributed by atoms with E-state index in [2.05, 4.69) is 15.9 Å². The Bertz CT molecular complexity index is 638. The minimum absolute atomic E-state index is 0.0255. The van der Waals surface area contributed by atoms with Crippen molar-refractivity contribution in [3.8, 4) is 5.75 Å². The lowest BCUT2D eigenvalue weighted by atomic mass is 9.97. The standard InChI is InChI=1S/C16H15BrO4/c1-16(20,11-5-3-2-4-6-11)10-21-12-7-8-14(17)13(9-12)15(18)19/h2-9,20H,10H2,1H3,(H,18,19). The lowest BCUT2D eigenvalue weighted by Gasteiger charge is -2.24. The zero-order valence-corrected chi connectivity index (χ0v) is 13.0. The summed E-state index contributed by atoms with van der Waals surface area (Å²) < 4.78 is 6.02. The van der Waals surface area contributed by atoms with Crippen molar-refractivity contribution in [2.75, 3.05) is 6.61 Å². The average molecular weight is 351 g/mol. The van der Waals surface area contributed by atoms with Crippen LogP contribution in [0.5, 0.6) is 5.75 Å². The summed E-state index contributed by atoms with van der Waals surface area (Å²) in [6.45, 7) is 1.68. The number of aliphatic hydroxyl groups is 1. The molecule has 0 radical (unpaired) electrons. The molecule has 0 amide bonds. The number of aromatic carboxylic acids is 1. The van der Waals surface area contributed by atoms with Gasteiger partial charge in [0.15, 0.2) is 0 Å². The maximum Gasteiger partial charge on any atom is 0.336 e. The molecule has 5 heteroatoms. The summed E-state index contributed by atoms with van der Waals surface area (Å²) in [6, 6.07) is 13.9. The fraction of sp³-hybridized carbons (Fsp3) is 0.188. The van der Waals surface area contributed by atoms with Crippen LogP contribution in [0.4, 0.5) is 0 Å². The van der Waals surface area contributed by atoms with Gasteiger partial charge in [0.25, 0.3) is 0 Å². The van der Waals surface area contributed by atoms with Gasteiger partial charge in [0, 0.05) is 4.47 Å². The van der Waals surface area contributed by atoms with Crippen molar-refractivity contribution in [1.29, 1.82) is 0 Å². The Morgan fingerprint density at radius 3 is 2.52 bits per heavy atom. The molecule has 2 rings (SSSR count). The van der Waals surface area contributed by atoms with Crippen molar-refractivity contribution in [3.05, 3.63) is 64.1 Å². The molecule has 0 aliphatic rings. The van der Waals surface area contributed by atoms with Gasteiger partial charge in [-0.25, -0.2) is 4.79 Å². The lowest BCUT2D eigenvalue weighted by Crippen LogP contribution is -2.29. The third kappa shape index (κ3) is 3.83. The van der Waals surface area contributed by atoms with Crippen LogP contribution in [-0.4, -0.2) is 22.8 Å². The van der Waals surface area contributed by atoms with E-state index in [9.17, 15) is 9.90 Å². The summed E-state index contributed by atoms with van der Waals surface area (Å²) in [5.74, 6) is -0.644. The Morgan fingerprint density at radius 1 is 1.24 bits per heavy atom. The highest BCUT2D eigenvalue weighted by Crippen LogP contribution is 2.25. The summed E-state index contributed by atoms with van der Waals surface area (Å²) in [5.41, 5.74) is -0.301. The highest BCUT2D eigenvalue weighted by atomic mass is 79.9. The molecule has 1 unspecified atom stereocenters. The number of ether oxygens (including phenoxy) is 1. The normalized spacial score (nSPS) is 13.5. The van der Waals surface area contributed by atoms with Gasteiger partial charge in [0.05, 0.1) is 5.56 Å². The number of benzene rings is 2. The first-order chi connectivity index (χ1) is 9.90. The summed E-state index contributed by atoms with van der Waals surface area (Å²) in [5, 5.41) is 19.5. The molecule has 1 atom stereocenters. The molecule has 0 aromatic heterocycles. The van der Waals surface area contributed by atoms with Crippen molar-refractivity contribution in [2.24, 2.45) is 0 Å². The van der Waals surface area contributed by atoms with Gasteiger partial charge >= 0.3 is 5.97 Å². The van der Waals surface area contributed by atoms with E-state index in [-0.39, 0.29) is 12.2 Å². The second-order valence-corrected chi connectivity index (χ2v) is 5.73. The van der Waals surface area contributed by atoms with Crippen LogP contribution in [0.2, 0.25) is 0 Å². The highest BCUT2D eigenvalue weighted by molar-refractivity contribution is 9.10. The van der Waals surface area contributed by atoms with Crippen molar-refractivity contribution in [3.63, 3.8) is 0 Å². The predicted molar refractivity (Wildman–Crippen MR) is 82.6 cm³/mol. The zero-order valence-electron chi connectivity index (χ0n) is 11.4. The number of carboxylic acids is 1. The lowest BCUT2D eigenvalue weighted by molar-refractivity contribution is 0.00757. The Hall–Kier alpha value is -1.85. The zero-order chi connectivity index (χ0) is 15.5. The largest absolute Gasteiger partial charge is 0.490 e. The van der Waals surface area contributed by atoms with E-state index in [0.29, 0.717) is 10.2 Å². The summed E-state index contributed by atoms with van der Waals surface area (Å²) in [4.78, 5) is 11.1. The number of hydrogen-bond donors (Lipinski definition) is 2. The van der Waals surface area contributed by atoms with E-state index >= 15 is 0 Å². The molecule has 0 aliphatic carbocycles. The fourth-order valence-corrected chi connectivity index (χ4v) is 2.28. The van der Waals surface area contributed by atoms with Crippen molar-refractivity contribution in [2.45, 2.75) is 12.5 Å². The first-order valence-electron chi connectivity index (χ1n) is 6.34. The van der Waals surface area contributed by atoms with Crippen molar-refractivity contribution < 1.29 is 19.7 Å². The molecular weight excluding hydrogens is 336 g/mol. The van der Waals surface area contributed by atoms with Gasteiger partial charge in [-0.15, -0.1) is 0 Å². The SMILES string of the molecule is CC(O)(COc1ccc(Br)c(C(=O)O)c1)c1ccccc1. The van der Waals surface area contributed by atoms with E-state index in [1.54, 1.807) is 19.1 Å². The smallest absolute Gasteiger partial charge is 0.336 e. The number of hydrogen-bond acceptors (Lipinski definition) is 3. The highest BCUT2D eigenvalue weighted by Gasteiger charge is 2.24. The van der Waals surface area contributed by atoms with Gasteiger partial charge < -0.3 is 14.9 Å². The molecule has 0 fully saturated rings. The van der Waals surface area contributed by atoms with Gasteiger partial charge in [-0.3, -0.25) is 0 Å². The molecule has 2 N–H and O–H groups in total. The van der Waals surface area contributed by atoms with Gasteiger partial charge in [-0.1, -0.05) is 30.3 Å². The second-order valence-electron chi connectivity index (χ2n) is 4.88. The monoisotopic (exact) mass is 350 g/mol. The van der Waals surface area contributed by atoms with E-state index in [1.165, 1.54) is 6.07 Å². The van der Waals surface area contributed by atoms with Gasteiger partial charge in [-0.05, 0) is 46.6 Å². The molecule has 0 aliphatic heterocycles. The molecule has 0 heterocycles. The Labute approximate surface area is 131 Å². The van der Waals surface area contributed by atoms with E-state index in [4.69, 9.17) is 9.84 Å². The van der Waals surface area contributed by atoms with E-state index < -0.39 is 11.6 Å². The van der Waals surface area contributed by atoms with Crippen LogP contribution in [0.25, 0.3) is 0 Å². The van der Waals surface area contributed by atoms with Gasteiger partial charge in [0.2, 0.25) is 0 Å². The molecule has 0 saturated carbocycles. The molecular formula is C16H15BrO4. The van der Waals surface area contributed by atoms with E-state index in [1.807, 2.05) is 30.3 Å². The molecule has 0 spiro atoms. The maximum atomic E-state index is 11.1. The Kier molecular flexibility index (Phi) is 4.65. The van der Waals surface area contributed by atoms with Gasteiger partial charge in [0.1, 0.15) is 18.0 Å². The second kappa shape index (κ2) is 6.28. The number of carboxylic acid groups (broad SMARTS) is 1. The average Bonchev–Trinajstić information content (AvgIpc) is 2.47. The summed E-state index contributed by atoms with van der Waals surface area (Å²) in [6.07, 6.45) is 0. The quantitative estimate of drug-likeness (QED) is 0.866. The number of carbonyl (C=O) groups is 1. The van der Waals surface area contributed by atoms with Crippen LogP contribution in [0.1, 0.15) is 22.8 Å². The molecule has 0 saturated heterocycles. The Morgan fingerprint density at radius 2 is 1.90 bits per heavy atom. The molecule has 2 aromatic carbocycles. The Balaban J connectivity index is 2.13. The van der Waals surface area contributed by atoms with Crippen LogP contribution in [-0.2, 0) is 5.60 Å². The van der Waals surface area contributed by atoms with Crippen LogP contribution in [0.15, 0.2) is 53.0 Å². The summed E-state index contributed by atoms with van der Waals surface area (Å²) in [7, 11) is 0. The van der Waals surface area contributed by atoms with Crippen LogP contribution < -0.4 is 4.74 Å². The first-order valence-corrected chi connectivity index (χ1v) is 7.13. The third-order valence-corrected chi connectivity index (χ3v) is 3.78. The van der Waals surface area contributed by atoms with Gasteiger partial charge in [-0.2, -0.15) is 0 Å². The van der Waals surface area contributed by atoms with Crippen LogP contribution in [0.3, 0.4) is 0 Å². The van der Waals surface area contributed by atoms with E-state index in [0.717, 1.165) is 5.56 Å². The first kappa shape index (κ1) is 15.5. The van der Waals surface area contributed by atoms with Crippen LogP contribution in [0, 0.1) is 0 Å². The maximum absolute atomic E-state index is 11.1. The van der Waals surface area contributed by atoms with Crippen LogP contribution >= 0.6 is 15.9 Å². The molecule has 21 heavy (non-hydrogen) atoms. The number of halogens is 1. The topological polar surface area (TPSA) is 66.8 Å². The third-order valence-electron chi connectivity index (χ3n) is 3.08. The minimum atomic E-state index is -1.16. The molecule has 2 aromatic rings. The predicted octanol–water partition coefficient (Wildman–Crippen LogP) is 3.43.